The van der Waals surface area contributed by atoms with Crippen LogP contribution in [0.4, 0.5) is 0 Å². The molecule has 0 aromatic heterocycles. The van der Waals surface area contributed by atoms with Crippen LogP contribution >= 0.6 is 0 Å². The van der Waals surface area contributed by atoms with Crippen LogP contribution in [0.2, 0.25) is 0 Å². The molecule has 0 aliphatic carbocycles. The first-order valence-corrected chi connectivity index (χ1v) is 3.49. The van der Waals surface area contributed by atoms with E-state index >= 15 is 0 Å². The standard InChI is InChI=1S/C5H8N6O/c1-3(4-2-12-4)5(8-10-6)9-11-7/h3-5H,2H2,1H3. The Morgan fingerprint density at radius 1 is 1.42 bits per heavy atom. The Bertz CT molecular complexity index is 231. The Morgan fingerprint density at radius 2 is 1.92 bits per heavy atom. The quantitative estimate of drug-likeness (QED) is 0.272. The fraction of sp³-hybridized carbons (Fsp3) is 1.00. The molecule has 7 nitrogen and oxygen atoms in total. The van der Waals surface area contributed by atoms with Gasteiger partial charge < -0.3 is 4.74 Å². The topological polar surface area (TPSA) is 110 Å². The Hall–Kier alpha value is -1.42. The molecule has 1 aliphatic rings. The van der Waals surface area contributed by atoms with Crippen LogP contribution in [0.15, 0.2) is 10.2 Å². The summed E-state index contributed by atoms with van der Waals surface area (Å²) in [7, 11) is 0. The zero-order valence-corrected chi connectivity index (χ0v) is 6.53. The summed E-state index contributed by atoms with van der Waals surface area (Å²) in [5.74, 6) is -0.0446. The summed E-state index contributed by atoms with van der Waals surface area (Å²) in [6.45, 7) is 2.48. The molecule has 0 N–H and O–H groups in total. The molecule has 0 aromatic carbocycles. The average Bonchev–Trinajstić information content (AvgIpc) is 2.85. The molecule has 0 saturated carbocycles. The lowest BCUT2D eigenvalue weighted by atomic mass is 10.1. The summed E-state index contributed by atoms with van der Waals surface area (Å²) in [6, 6.07) is 0. The minimum atomic E-state index is -0.674. The molecule has 0 radical (unpaired) electrons. The summed E-state index contributed by atoms with van der Waals surface area (Å²) in [5.41, 5.74) is 16.3. The maximum absolute atomic E-state index is 8.15. The number of azide groups is 1. The van der Waals surface area contributed by atoms with Gasteiger partial charge in [0, 0.05) is 9.82 Å². The number of nitrogens with zero attached hydrogens (tertiary/aromatic N) is 6. The number of ether oxygens (including phenoxy) is 1. The summed E-state index contributed by atoms with van der Waals surface area (Å²) >= 11 is 0. The van der Waals surface area contributed by atoms with E-state index in [9.17, 15) is 0 Å². The normalized spacial score (nSPS) is 24.6. The van der Waals surface area contributed by atoms with Gasteiger partial charge >= 0.3 is 0 Å². The van der Waals surface area contributed by atoms with Crippen LogP contribution < -0.4 is 0 Å². The van der Waals surface area contributed by atoms with Gasteiger partial charge in [0.15, 0.2) is 0 Å². The molecule has 0 spiro atoms. The molecule has 0 amide bonds. The predicted octanol–water partition coefficient (Wildman–Crippen LogP) is 1.97. The molecular weight excluding hydrogens is 160 g/mol. The molecule has 2 atom stereocenters. The average molecular weight is 168 g/mol. The molecule has 12 heavy (non-hydrogen) atoms. The van der Waals surface area contributed by atoms with Crippen molar-refractivity contribution in [1.82, 2.24) is 0 Å². The van der Waals surface area contributed by atoms with E-state index in [0.717, 1.165) is 0 Å². The van der Waals surface area contributed by atoms with Gasteiger partial charge in [-0.25, -0.2) is 0 Å². The predicted molar refractivity (Wildman–Crippen MR) is 41.0 cm³/mol. The van der Waals surface area contributed by atoms with Crippen LogP contribution in [-0.2, 0) is 4.74 Å². The van der Waals surface area contributed by atoms with E-state index in [2.05, 4.69) is 20.1 Å². The van der Waals surface area contributed by atoms with E-state index in [0.29, 0.717) is 6.61 Å². The third-order valence-electron chi connectivity index (χ3n) is 1.76. The number of rotatable bonds is 4. The maximum Gasteiger partial charge on any atom is 0.121 e. The molecule has 1 aliphatic heterocycles. The number of hydrogen-bond acceptors (Lipinski definition) is 3. The van der Waals surface area contributed by atoms with Crippen molar-refractivity contribution in [2.24, 2.45) is 16.1 Å². The molecule has 2 unspecified atom stereocenters. The van der Waals surface area contributed by atoms with Gasteiger partial charge in [0.25, 0.3) is 0 Å². The second-order valence-corrected chi connectivity index (χ2v) is 2.55. The van der Waals surface area contributed by atoms with E-state index < -0.39 is 6.17 Å². The lowest BCUT2D eigenvalue weighted by Crippen LogP contribution is -2.17. The minimum Gasteiger partial charge on any atom is -0.373 e. The van der Waals surface area contributed by atoms with Crippen molar-refractivity contribution in [3.8, 4) is 0 Å². The Kier molecular flexibility index (Phi) is 2.76. The molecule has 1 saturated heterocycles. The van der Waals surface area contributed by atoms with Crippen molar-refractivity contribution in [3.05, 3.63) is 20.9 Å². The highest BCUT2D eigenvalue weighted by molar-refractivity contribution is 4.84. The lowest BCUT2D eigenvalue weighted by Gasteiger charge is -2.10. The van der Waals surface area contributed by atoms with Crippen molar-refractivity contribution in [2.75, 3.05) is 6.61 Å². The fourth-order valence-corrected chi connectivity index (χ4v) is 0.890. The van der Waals surface area contributed by atoms with Gasteiger partial charge in [0.05, 0.1) is 12.7 Å². The molecule has 7 heteroatoms. The van der Waals surface area contributed by atoms with Crippen LogP contribution in [0.3, 0.4) is 0 Å². The van der Waals surface area contributed by atoms with Crippen LogP contribution in [0.1, 0.15) is 6.92 Å². The Balaban J connectivity index is 2.62. The van der Waals surface area contributed by atoms with Gasteiger partial charge in [-0.05, 0) is 17.0 Å². The molecule has 64 valence electrons. The monoisotopic (exact) mass is 168 g/mol. The largest absolute Gasteiger partial charge is 0.373 e. The van der Waals surface area contributed by atoms with Crippen molar-refractivity contribution in [1.29, 1.82) is 0 Å². The van der Waals surface area contributed by atoms with E-state index in [1.807, 2.05) is 6.92 Å². The van der Waals surface area contributed by atoms with E-state index in [-0.39, 0.29) is 12.0 Å². The summed E-state index contributed by atoms with van der Waals surface area (Å²) in [6.07, 6.45) is -0.599. The fourth-order valence-electron chi connectivity index (χ4n) is 0.890. The second kappa shape index (κ2) is 3.82. The van der Waals surface area contributed by atoms with E-state index in [4.69, 9.17) is 15.8 Å². The first kappa shape index (κ1) is 8.67. The zero-order valence-electron chi connectivity index (χ0n) is 6.53. The van der Waals surface area contributed by atoms with Crippen LogP contribution in [-0.4, -0.2) is 18.9 Å². The molecular formula is C5H8N6O. The van der Waals surface area contributed by atoms with E-state index in [1.165, 1.54) is 0 Å². The van der Waals surface area contributed by atoms with Gasteiger partial charge in [-0.15, -0.1) is 0 Å². The highest BCUT2D eigenvalue weighted by atomic mass is 16.6. The third-order valence-corrected chi connectivity index (χ3v) is 1.76. The van der Waals surface area contributed by atoms with Gasteiger partial charge in [0.2, 0.25) is 0 Å². The number of epoxide rings is 1. The van der Waals surface area contributed by atoms with Crippen molar-refractivity contribution >= 4 is 0 Å². The van der Waals surface area contributed by atoms with Crippen LogP contribution in [0, 0.1) is 5.92 Å². The second-order valence-electron chi connectivity index (χ2n) is 2.55. The zero-order chi connectivity index (χ0) is 8.97. The Morgan fingerprint density at radius 3 is 2.25 bits per heavy atom. The van der Waals surface area contributed by atoms with Crippen molar-refractivity contribution < 1.29 is 4.74 Å². The SMILES string of the molecule is CC(C(N=[N+]=[N-])N=[N+]=[N-])C1CO1. The molecule has 1 fully saturated rings. The number of hydrogen-bond donors (Lipinski definition) is 0. The highest BCUT2D eigenvalue weighted by Crippen LogP contribution is 2.25. The first-order chi connectivity index (χ1) is 5.79. The molecule has 0 bridgehead atoms. The van der Waals surface area contributed by atoms with Gasteiger partial charge in [-0.1, -0.05) is 17.2 Å². The van der Waals surface area contributed by atoms with Gasteiger partial charge in [0.1, 0.15) is 6.17 Å². The van der Waals surface area contributed by atoms with Crippen LogP contribution in [0.25, 0.3) is 20.9 Å². The first-order valence-electron chi connectivity index (χ1n) is 3.49. The summed E-state index contributed by atoms with van der Waals surface area (Å²) in [4.78, 5) is 5.18. The minimum absolute atomic E-state index is 0.0446. The third kappa shape index (κ3) is 2.03. The Labute approximate surface area is 68.6 Å². The summed E-state index contributed by atoms with van der Waals surface area (Å²) < 4.78 is 4.98. The molecule has 1 rings (SSSR count). The van der Waals surface area contributed by atoms with E-state index in [1.54, 1.807) is 0 Å². The lowest BCUT2D eigenvalue weighted by molar-refractivity contribution is 0.311. The molecule has 1 heterocycles. The van der Waals surface area contributed by atoms with Gasteiger partial charge in [-0.3, -0.25) is 0 Å². The smallest absolute Gasteiger partial charge is 0.121 e. The molecule has 0 aromatic rings. The van der Waals surface area contributed by atoms with Gasteiger partial charge in [-0.2, -0.15) is 0 Å². The summed E-state index contributed by atoms with van der Waals surface area (Å²) in [5, 5.41) is 6.71. The van der Waals surface area contributed by atoms with Crippen molar-refractivity contribution in [3.63, 3.8) is 0 Å². The van der Waals surface area contributed by atoms with Crippen molar-refractivity contribution in [2.45, 2.75) is 19.2 Å². The highest BCUT2D eigenvalue weighted by Gasteiger charge is 2.33. The van der Waals surface area contributed by atoms with Crippen LogP contribution in [0.5, 0.6) is 0 Å². The maximum atomic E-state index is 8.15.